The average molecular weight is 289 g/mol. The number of hydrogen-bond acceptors (Lipinski definition) is 1. The molecule has 0 aliphatic carbocycles. The van der Waals surface area contributed by atoms with Gasteiger partial charge in [0.25, 0.3) is 5.92 Å². The molecule has 0 aromatic heterocycles. The second kappa shape index (κ2) is 3.74. The minimum Gasteiger partial charge on any atom is -0.242 e. The van der Waals surface area contributed by atoms with Crippen LogP contribution in [0.15, 0.2) is 0 Å². The highest BCUT2D eigenvalue weighted by Crippen LogP contribution is 2.38. The van der Waals surface area contributed by atoms with Crippen molar-refractivity contribution in [3.05, 3.63) is 0 Å². The third-order valence-electron chi connectivity index (χ3n) is 2.41. The number of hydrogen-bond donors (Lipinski definition) is 0. The normalized spacial score (nSPS) is 31.0. The summed E-state index contributed by atoms with van der Waals surface area (Å²) < 4.78 is 28.3. The molecular formula is C8H14F2IN. The zero-order chi connectivity index (χ0) is 9.35. The molecule has 1 nitrogen and oxygen atoms in total. The second-order valence-corrected chi connectivity index (χ2v) is 5.11. The Balaban J connectivity index is 2.64. The molecule has 0 amide bonds. The summed E-state index contributed by atoms with van der Waals surface area (Å²) in [5, 5.41) is 0. The van der Waals surface area contributed by atoms with Crippen LogP contribution in [0.25, 0.3) is 0 Å². The Morgan fingerprint density at radius 2 is 2.08 bits per heavy atom. The summed E-state index contributed by atoms with van der Waals surface area (Å²) in [5.41, 5.74) is 0. The van der Waals surface area contributed by atoms with Gasteiger partial charge in [-0.05, 0) is 12.3 Å². The summed E-state index contributed by atoms with van der Waals surface area (Å²) >= 11 is 1.97. The first-order valence-electron chi connectivity index (χ1n) is 4.22. The van der Waals surface area contributed by atoms with Gasteiger partial charge in [0.15, 0.2) is 0 Å². The molecule has 0 radical (unpaired) electrons. The Bertz CT molecular complexity index is 161. The van der Waals surface area contributed by atoms with E-state index in [0.29, 0.717) is 6.42 Å². The van der Waals surface area contributed by atoms with E-state index in [0.717, 1.165) is 6.54 Å². The summed E-state index contributed by atoms with van der Waals surface area (Å²) in [4.78, 5) is 0. The van der Waals surface area contributed by atoms with Gasteiger partial charge in [0.05, 0.1) is 6.54 Å². The van der Waals surface area contributed by atoms with Crippen molar-refractivity contribution in [3.63, 3.8) is 0 Å². The molecule has 1 atom stereocenters. The molecule has 1 heterocycles. The average Bonchev–Trinajstić information content (AvgIpc) is 1.82. The molecule has 0 aromatic carbocycles. The molecule has 1 unspecified atom stereocenters. The van der Waals surface area contributed by atoms with Crippen molar-refractivity contribution in [2.24, 2.45) is 11.8 Å². The summed E-state index contributed by atoms with van der Waals surface area (Å²) in [5.74, 6) is -2.83. The molecule has 0 aromatic rings. The molecule has 1 saturated heterocycles. The van der Waals surface area contributed by atoms with E-state index in [-0.39, 0.29) is 12.5 Å². The Hall–Kier alpha value is 0.550. The summed E-state index contributed by atoms with van der Waals surface area (Å²) in [7, 11) is 0. The number of alkyl halides is 2. The lowest BCUT2D eigenvalue weighted by atomic mass is 9.84. The van der Waals surface area contributed by atoms with Crippen LogP contribution in [0.5, 0.6) is 0 Å². The fraction of sp³-hybridized carbons (Fsp3) is 1.00. The summed E-state index contributed by atoms with van der Waals surface area (Å²) in [6.07, 6.45) is 0.619. The van der Waals surface area contributed by atoms with E-state index in [1.807, 2.05) is 36.7 Å². The Labute approximate surface area is 86.0 Å². The molecule has 1 fully saturated rings. The first kappa shape index (κ1) is 10.6. The standard InChI is InChI=1S/C8H14F2IN/c1-6(2)7-3-4-12(11)5-8(7,9)10/h6-7H,3-5H2,1-2H3. The highest BCUT2D eigenvalue weighted by molar-refractivity contribution is 14.1. The van der Waals surface area contributed by atoms with Gasteiger partial charge < -0.3 is 0 Å². The maximum absolute atomic E-state index is 13.3. The van der Waals surface area contributed by atoms with E-state index in [1.54, 1.807) is 3.11 Å². The van der Waals surface area contributed by atoms with E-state index in [2.05, 4.69) is 0 Å². The van der Waals surface area contributed by atoms with Crippen LogP contribution in [-0.2, 0) is 0 Å². The fourth-order valence-corrected chi connectivity index (χ4v) is 2.47. The molecule has 0 N–H and O–H groups in total. The molecule has 0 spiro atoms. The molecule has 4 heteroatoms. The van der Waals surface area contributed by atoms with Crippen LogP contribution in [0.2, 0.25) is 0 Å². The predicted octanol–water partition coefficient (Wildman–Crippen LogP) is 2.95. The largest absolute Gasteiger partial charge is 0.264 e. The second-order valence-electron chi connectivity index (χ2n) is 3.74. The van der Waals surface area contributed by atoms with Crippen molar-refractivity contribution in [1.29, 1.82) is 0 Å². The lowest BCUT2D eigenvalue weighted by molar-refractivity contribution is -0.104. The van der Waals surface area contributed by atoms with Crippen LogP contribution in [0.4, 0.5) is 8.78 Å². The van der Waals surface area contributed by atoms with E-state index < -0.39 is 11.8 Å². The number of rotatable bonds is 1. The fourth-order valence-electron chi connectivity index (χ4n) is 1.74. The lowest BCUT2D eigenvalue weighted by Crippen LogP contribution is -2.46. The third kappa shape index (κ3) is 2.28. The van der Waals surface area contributed by atoms with Gasteiger partial charge >= 0.3 is 0 Å². The van der Waals surface area contributed by atoms with Gasteiger partial charge in [0.2, 0.25) is 0 Å². The lowest BCUT2D eigenvalue weighted by Gasteiger charge is -2.37. The summed E-state index contributed by atoms with van der Waals surface area (Å²) in [6.45, 7) is 4.46. The van der Waals surface area contributed by atoms with E-state index in [9.17, 15) is 8.78 Å². The van der Waals surface area contributed by atoms with Crippen molar-refractivity contribution < 1.29 is 8.78 Å². The van der Waals surface area contributed by atoms with Crippen LogP contribution in [0.1, 0.15) is 20.3 Å². The molecule has 1 aliphatic rings. The van der Waals surface area contributed by atoms with E-state index in [1.165, 1.54) is 0 Å². The monoisotopic (exact) mass is 289 g/mol. The van der Waals surface area contributed by atoms with Crippen LogP contribution < -0.4 is 0 Å². The zero-order valence-electron chi connectivity index (χ0n) is 7.36. The molecular weight excluding hydrogens is 275 g/mol. The van der Waals surface area contributed by atoms with E-state index in [4.69, 9.17) is 0 Å². The van der Waals surface area contributed by atoms with Crippen LogP contribution >= 0.6 is 22.9 Å². The molecule has 0 bridgehead atoms. The topological polar surface area (TPSA) is 3.24 Å². The van der Waals surface area contributed by atoms with Crippen molar-refractivity contribution in [2.75, 3.05) is 13.1 Å². The van der Waals surface area contributed by atoms with E-state index >= 15 is 0 Å². The first-order valence-corrected chi connectivity index (χ1v) is 5.18. The van der Waals surface area contributed by atoms with Crippen molar-refractivity contribution >= 4 is 22.9 Å². The molecule has 1 aliphatic heterocycles. The minimum atomic E-state index is -2.49. The number of piperidine rings is 1. The molecule has 1 rings (SSSR count). The maximum atomic E-state index is 13.3. The Morgan fingerprint density at radius 3 is 2.50 bits per heavy atom. The summed E-state index contributed by atoms with van der Waals surface area (Å²) in [6, 6.07) is 0. The third-order valence-corrected chi connectivity index (χ3v) is 3.24. The Morgan fingerprint density at radius 1 is 1.50 bits per heavy atom. The van der Waals surface area contributed by atoms with Gasteiger partial charge in [-0.2, -0.15) is 0 Å². The molecule has 12 heavy (non-hydrogen) atoms. The van der Waals surface area contributed by atoms with Crippen molar-refractivity contribution in [2.45, 2.75) is 26.2 Å². The molecule has 72 valence electrons. The van der Waals surface area contributed by atoms with Crippen molar-refractivity contribution in [1.82, 2.24) is 3.11 Å². The van der Waals surface area contributed by atoms with Gasteiger partial charge in [0.1, 0.15) is 0 Å². The van der Waals surface area contributed by atoms with Gasteiger partial charge in [0, 0.05) is 35.3 Å². The first-order chi connectivity index (χ1) is 5.43. The van der Waals surface area contributed by atoms with Crippen LogP contribution in [-0.4, -0.2) is 22.1 Å². The number of halogens is 3. The molecule has 0 saturated carbocycles. The predicted molar refractivity (Wildman–Crippen MR) is 53.5 cm³/mol. The minimum absolute atomic E-state index is 0.0869. The van der Waals surface area contributed by atoms with Crippen molar-refractivity contribution in [3.8, 4) is 0 Å². The van der Waals surface area contributed by atoms with Gasteiger partial charge in [-0.25, -0.2) is 11.9 Å². The van der Waals surface area contributed by atoms with Crippen LogP contribution in [0, 0.1) is 11.8 Å². The van der Waals surface area contributed by atoms with Gasteiger partial charge in [-0.3, -0.25) is 0 Å². The quantitative estimate of drug-likeness (QED) is 0.530. The smallest absolute Gasteiger partial charge is 0.242 e. The van der Waals surface area contributed by atoms with Gasteiger partial charge in [-0.15, -0.1) is 0 Å². The number of nitrogens with zero attached hydrogens (tertiary/aromatic N) is 1. The Kier molecular flexibility index (Phi) is 3.31. The van der Waals surface area contributed by atoms with Crippen LogP contribution in [0.3, 0.4) is 0 Å². The zero-order valence-corrected chi connectivity index (χ0v) is 9.51. The SMILES string of the molecule is CC(C)C1CCN(I)CC1(F)F. The van der Waals surface area contributed by atoms with Gasteiger partial charge in [-0.1, -0.05) is 13.8 Å². The maximum Gasteiger partial charge on any atom is 0.264 e. The highest BCUT2D eigenvalue weighted by atomic mass is 127. The highest BCUT2D eigenvalue weighted by Gasteiger charge is 2.45.